The first-order valence-electron chi connectivity index (χ1n) is 11.9. The van der Waals surface area contributed by atoms with Gasteiger partial charge in [-0.2, -0.15) is 4.31 Å². The molecule has 0 aliphatic carbocycles. The number of hydrogen-bond acceptors (Lipinski definition) is 6. The highest BCUT2D eigenvalue weighted by atomic mass is 32.2. The zero-order valence-electron chi connectivity index (χ0n) is 20.0. The number of piperidine rings is 1. The molecule has 0 bridgehead atoms. The SMILES string of the molecule is COc1ccnc(CCc2nc3c(C)c(-c4ccc(S(=O)(=O)N5CCCCC5)cc4)cnc3[nH]2)c1. The maximum Gasteiger partial charge on any atom is 0.243 e. The minimum absolute atomic E-state index is 0.336. The predicted octanol–water partition coefficient (Wildman–Crippen LogP) is 4.30. The highest BCUT2D eigenvalue weighted by molar-refractivity contribution is 7.89. The van der Waals surface area contributed by atoms with E-state index < -0.39 is 10.0 Å². The van der Waals surface area contributed by atoms with Crippen LogP contribution >= 0.6 is 0 Å². The standard InChI is InChI=1S/C26H29N5O3S/c1-18-23(19-6-9-22(10-7-19)35(32,33)31-14-4-3-5-15-31)17-28-26-25(18)29-24(30-26)11-8-20-16-21(34-2)12-13-27-20/h6-7,9-10,12-13,16-17H,3-5,8,11,14-15H2,1-2H3,(H,28,29,30). The van der Waals surface area contributed by atoms with Crippen LogP contribution in [-0.2, 0) is 22.9 Å². The maximum atomic E-state index is 13.0. The number of imidazole rings is 1. The normalized spacial score (nSPS) is 14.9. The van der Waals surface area contributed by atoms with Gasteiger partial charge in [-0.1, -0.05) is 18.6 Å². The Bertz CT molecular complexity index is 1440. The van der Waals surface area contributed by atoms with E-state index in [1.54, 1.807) is 29.7 Å². The molecule has 8 nitrogen and oxygen atoms in total. The zero-order chi connectivity index (χ0) is 24.4. The van der Waals surface area contributed by atoms with E-state index in [0.717, 1.165) is 70.8 Å². The second kappa shape index (κ2) is 9.75. The number of ether oxygens (including phenoxy) is 1. The van der Waals surface area contributed by atoms with Gasteiger partial charge < -0.3 is 9.72 Å². The largest absolute Gasteiger partial charge is 0.497 e. The molecule has 0 spiro atoms. The molecule has 1 aromatic carbocycles. The first kappa shape index (κ1) is 23.4. The van der Waals surface area contributed by atoms with Gasteiger partial charge in [-0.3, -0.25) is 4.98 Å². The third-order valence-electron chi connectivity index (χ3n) is 6.58. The number of aryl methyl sites for hydroxylation is 3. The Balaban J connectivity index is 1.36. The van der Waals surface area contributed by atoms with Crippen LogP contribution < -0.4 is 4.74 Å². The van der Waals surface area contributed by atoms with Crippen molar-refractivity contribution in [2.24, 2.45) is 0 Å². The molecule has 1 saturated heterocycles. The van der Waals surface area contributed by atoms with Crippen LogP contribution in [0.5, 0.6) is 5.75 Å². The van der Waals surface area contributed by atoms with Crippen LogP contribution in [0, 0.1) is 6.92 Å². The first-order chi connectivity index (χ1) is 17.0. The summed E-state index contributed by atoms with van der Waals surface area (Å²) in [5, 5.41) is 0. The molecule has 0 radical (unpaired) electrons. The fourth-order valence-corrected chi connectivity index (χ4v) is 6.07. The van der Waals surface area contributed by atoms with Gasteiger partial charge in [0, 0.05) is 49.2 Å². The molecule has 4 heterocycles. The number of pyridine rings is 2. The molecule has 1 aliphatic rings. The van der Waals surface area contributed by atoms with Gasteiger partial charge in [0.05, 0.1) is 12.0 Å². The van der Waals surface area contributed by atoms with Gasteiger partial charge in [0.25, 0.3) is 0 Å². The van der Waals surface area contributed by atoms with Crippen molar-refractivity contribution in [3.63, 3.8) is 0 Å². The van der Waals surface area contributed by atoms with Crippen LogP contribution in [0.15, 0.2) is 53.7 Å². The second-order valence-electron chi connectivity index (χ2n) is 8.85. The minimum atomic E-state index is -3.45. The molecular formula is C26H29N5O3S. The van der Waals surface area contributed by atoms with E-state index in [1.165, 1.54) is 0 Å². The smallest absolute Gasteiger partial charge is 0.243 e. The number of methoxy groups -OCH3 is 1. The number of nitrogens with zero attached hydrogens (tertiary/aromatic N) is 4. The number of sulfonamides is 1. The molecule has 1 fully saturated rings. The Hall–Kier alpha value is -3.30. The number of benzene rings is 1. The average molecular weight is 492 g/mol. The summed E-state index contributed by atoms with van der Waals surface area (Å²) in [5.41, 5.74) is 5.36. The van der Waals surface area contributed by atoms with Gasteiger partial charge in [-0.25, -0.2) is 18.4 Å². The Morgan fingerprint density at radius 3 is 2.54 bits per heavy atom. The van der Waals surface area contributed by atoms with E-state index in [4.69, 9.17) is 9.72 Å². The number of H-pyrrole nitrogens is 1. The molecule has 182 valence electrons. The van der Waals surface area contributed by atoms with Gasteiger partial charge in [-0.15, -0.1) is 0 Å². The number of nitrogens with one attached hydrogen (secondary N) is 1. The molecule has 5 rings (SSSR count). The van der Waals surface area contributed by atoms with E-state index in [2.05, 4.69) is 15.0 Å². The minimum Gasteiger partial charge on any atom is -0.497 e. The second-order valence-corrected chi connectivity index (χ2v) is 10.8. The number of aromatic amines is 1. The van der Waals surface area contributed by atoms with Crippen LogP contribution in [0.3, 0.4) is 0 Å². The Labute approximate surface area is 205 Å². The van der Waals surface area contributed by atoms with Crippen molar-refractivity contribution >= 4 is 21.2 Å². The van der Waals surface area contributed by atoms with Gasteiger partial charge in [-0.05, 0) is 55.5 Å². The Morgan fingerprint density at radius 1 is 1.03 bits per heavy atom. The van der Waals surface area contributed by atoms with Crippen molar-refractivity contribution in [3.05, 3.63) is 65.9 Å². The Kier molecular flexibility index (Phi) is 6.53. The molecule has 1 N–H and O–H groups in total. The van der Waals surface area contributed by atoms with Crippen molar-refractivity contribution in [1.29, 1.82) is 0 Å². The quantitative estimate of drug-likeness (QED) is 0.414. The van der Waals surface area contributed by atoms with E-state index >= 15 is 0 Å². The van der Waals surface area contributed by atoms with Crippen LogP contribution in [0.4, 0.5) is 0 Å². The third kappa shape index (κ3) is 4.78. The summed E-state index contributed by atoms with van der Waals surface area (Å²) in [5.74, 6) is 1.64. The summed E-state index contributed by atoms with van der Waals surface area (Å²) in [4.78, 5) is 17.4. The molecule has 9 heteroatoms. The Morgan fingerprint density at radius 2 is 1.80 bits per heavy atom. The molecule has 0 saturated carbocycles. The first-order valence-corrected chi connectivity index (χ1v) is 13.3. The number of aromatic nitrogens is 4. The van der Waals surface area contributed by atoms with Gasteiger partial charge in [0.15, 0.2) is 5.65 Å². The van der Waals surface area contributed by atoms with Crippen LogP contribution in [0.1, 0.15) is 36.3 Å². The van der Waals surface area contributed by atoms with Crippen molar-refractivity contribution in [2.75, 3.05) is 20.2 Å². The molecule has 0 amide bonds. The molecule has 0 atom stereocenters. The highest BCUT2D eigenvalue weighted by Gasteiger charge is 2.25. The lowest BCUT2D eigenvalue weighted by atomic mass is 10.0. The molecule has 3 aromatic heterocycles. The summed E-state index contributed by atoms with van der Waals surface area (Å²) >= 11 is 0. The van der Waals surface area contributed by atoms with E-state index in [9.17, 15) is 8.42 Å². The van der Waals surface area contributed by atoms with Gasteiger partial charge in [0.1, 0.15) is 17.1 Å². The lowest BCUT2D eigenvalue weighted by Crippen LogP contribution is -2.35. The molecule has 0 unspecified atom stereocenters. The fourth-order valence-electron chi connectivity index (χ4n) is 4.56. The van der Waals surface area contributed by atoms with Gasteiger partial charge in [0.2, 0.25) is 10.0 Å². The molecule has 35 heavy (non-hydrogen) atoms. The van der Waals surface area contributed by atoms with Gasteiger partial charge >= 0.3 is 0 Å². The van der Waals surface area contributed by atoms with Crippen molar-refractivity contribution < 1.29 is 13.2 Å². The van der Waals surface area contributed by atoms with Crippen molar-refractivity contribution in [2.45, 2.75) is 43.9 Å². The average Bonchev–Trinajstić information content (AvgIpc) is 3.33. The highest BCUT2D eigenvalue weighted by Crippen LogP contribution is 2.29. The topological polar surface area (TPSA) is 101 Å². The predicted molar refractivity (Wildman–Crippen MR) is 135 cm³/mol. The van der Waals surface area contributed by atoms with Crippen LogP contribution in [0.25, 0.3) is 22.3 Å². The fraction of sp³-hybridized carbons (Fsp3) is 0.346. The number of fused-ring (bicyclic) bond motifs is 1. The zero-order valence-corrected chi connectivity index (χ0v) is 20.8. The van der Waals surface area contributed by atoms with E-state index in [-0.39, 0.29) is 0 Å². The van der Waals surface area contributed by atoms with Crippen LogP contribution in [0.2, 0.25) is 0 Å². The monoisotopic (exact) mass is 491 g/mol. The lowest BCUT2D eigenvalue weighted by molar-refractivity contribution is 0.346. The maximum absolute atomic E-state index is 13.0. The van der Waals surface area contributed by atoms with E-state index in [0.29, 0.717) is 24.4 Å². The summed E-state index contributed by atoms with van der Waals surface area (Å²) in [6.45, 7) is 3.21. The molecular weight excluding hydrogens is 462 g/mol. The molecule has 4 aromatic rings. The third-order valence-corrected chi connectivity index (χ3v) is 8.49. The number of rotatable bonds is 7. The summed E-state index contributed by atoms with van der Waals surface area (Å²) in [6, 6.07) is 10.9. The van der Waals surface area contributed by atoms with Crippen molar-refractivity contribution in [3.8, 4) is 16.9 Å². The van der Waals surface area contributed by atoms with E-state index in [1.807, 2.05) is 37.4 Å². The van der Waals surface area contributed by atoms with Crippen LogP contribution in [-0.4, -0.2) is 52.9 Å². The van der Waals surface area contributed by atoms with Crippen molar-refractivity contribution in [1.82, 2.24) is 24.2 Å². The summed E-state index contributed by atoms with van der Waals surface area (Å²) < 4.78 is 32.8. The summed E-state index contributed by atoms with van der Waals surface area (Å²) in [7, 11) is -1.80. The lowest BCUT2D eigenvalue weighted by Gasteiger charge is -2.25. The summed E-state index contributed by atoms with van der Waals surface area (Å²) in [6.07, 6.45) is 7.93. The number of hydrogen-bond donors (Lipinski definition) is 1. The molecule has 1 aliphatic heterocycles.